The normalized spacial score (nSPS) is 20.4. The Hall–Kier alpha value is -1.88. The Bertz CT molecular complexity index is 433. The average Bonchev–Trinajstić information content (AvgIpc) is 2.54. The molecule has 1 heterocycles. The minimum absolute atomic E-state index is 0.291. The molecule has 1 fully saturated rings. The second kappa shape index (κ2) is 5.64. The van der Waals surface area contributed by atoms with Crippen molar-refractivity contribution in [1.29, 1.82) is 0 Å². The zero-order chi connectivity index (χ0) is 13.0. The van der Waals surface area contributed by atoms with Gasteiger partial charge in [-0.2, -0.15) is 0 Å². The molecule has 0 aromatic heterocycles. The first-order valence-electron chi connectivity index (χ1n) is 6.11. The lowest BCUT2D eigenvalue weighted by Crippen LogP contribution is -2.47. The van der Waals surface area contributed by atoms with Crippen molar-refractivity contribution in [3.63, 3.8) is 0 Å². The number of hydrogen-bond acceptors (Lipinski definition) is 3. The van der Waals surface area contributed by atoms with E-state index in [0.29, 0.717) is 18.7 Å². The van der Waals surface area contributed by atoms with Gasteiger partial charge in [-0.1, -0.05) is 18.2 Å². The first kappa shape index (κ1) is 12.6. The fraction of sp³-hybridized carbons (Fsp3) is 0.385. The highest BCUT2D eigenvalue weighted by atomic mass is 16.2. The van der Waals surface area contributed by atoms with Gasteiger partial charge in [-0.05, 0) is 31.4 Å². The van der Waals surface area contributed by atoms with E-state index >= 15 is 0 Å². The number of carbonyl (C=O) groups is 2. The number of anilines is 1. The molecule has 0 unspecified atom stereocenters. The van der Waals surface area contributed by atoms with Gasteiger partial charge in [-0.15, -0.1) is 0 Å². The number of nitrogens with zero attached hydrogens (tertiary/aromatic N) is 1. The lowest BCUT2D eigenvalue weighted by atomic mass is 10.1. The Balaban J connectivity index is 2.05. The van der Waals surface area contributed by atoms with Crippen molar-refractivity contribution in [1.82, 2.24) is 4.90 Å². The number of nitrogens with one attached hydrogen (secondary N) is 1. The minimum Gasteiger partial charge on any atom is -0.320 e. The van der Waals surface area contributed by atoms with E-state index in [1.54, 1.807) is 12.1 Å². The summed E-state index contributed by atoms with van der Waals surface area (Å²) in [6.07, 6.45) is 2.33. The summed E-state index contributed by atoms with van der Waals surface area (Å²) >= 11 is 0. The Morgan fingerprint density at radius 2 is 2.00 bits per heavy atom. The highest BCUT2D eigenvalue weighted by Crippen LogP contribution is 2.13. The summed E-state index contributed by atoms with van der Waals surface area (Å²) in [5, 5.41) is 2.70. The predicted octanol–water partition coefficient (Wildman–Crippen LogP) is 1.56. The van der Waals surface area contributed by atoms with Crippen LogP contribution in [0.5, 0.6) is 0 Å². The van der Waals surface area contributed by atoms with Crippen LogP contribution in [0.2, 0.25) is 0 Å². The Morgan fingerprint density at radius 1 is 1.28 bits per heavy atom. The summed E-state index contributed by atoms with van der Waals surface area (Å²) in [5.41, 5.74) is 6.40. The van der Waals surface area contributed by atoms with Gasteiger partial charge in [0.05, 0.1) is 6.04 Å². The van der Waals surface area contributed by atoms with E-state index in [-0.39, 0.29) is 5.91 Å². The molecule has 5 heteroatoms. The number of hydrogen-bond donors (Lipinski definition) is 2. The molecule has 1 atom stereocenters. The van der Waals surface area contributed by atoms with Crippen molar-refractivity contribution in [3.05, 3.63) is 30.3 Å². The molecule has 0 aliphatic carbocycles. The molecule has 1 aliphatic rings. The Morgan fingerprint density at radius 3 is 2.72 bits per heavy atom. The number of nitrogens with two attached hydrogens (primary N) is 1. The number of para-hydroxylation sites is 1. The van der Waals surface area contributed by atoms with Crippen LogP contribution >= 0.6 is 0 Å². The third-order valence-electron chi connectivity index (χ3n) is 3.00. The second-order valence-electron chi connectivity index (χ2n) is 4.39. The van der Waals surface area contributed by atoms with Gasteiger partial charge in [0.15, 0.2) is 0 Å². The molecule has 0 saturated carbocycles. The number of imide groups is 1. The van der Waals surface area contributed by atoms with Crippen LogP contribution in [0.15, 0.2) is 30.3 Å². The van der Waals surface area contributed by atoms with Crippen molar-refractivity contribution in [3.8, 4) is 0 Å². The molecule has 5 nitrogen and oxygen atoms in total. The van der Waals surface area contributed by atoms with E-state index in [1.807, 2.05) is 18.2 Å². The average molecular weight is 247 g/mol. The molecular weight excluding hydrogens is 230 g/mol. The maximum atomic E-state index is 12.0. The van der Waals surface area contributed by atoms with E-state index in [4.69, 9.17) is 5.73 Å². The second-order valence-corrected chi connectivity index (χ2v) is 4.39. The molecule has 96 valence electrons. The number of urea groups is 1. The number of carbonyl (C=O) groups excluding carboxylic acids is 2. The predicted molar refractivity (Wildman–Crippen MR) is 69.0 cm³/mol. The summed E-state index contributed by atoms with van der Waals surface area (Å²) in [4.78, 5) is 25.1. The van der Waals surface area contributed by atoms with Gasteiger partial charge in [-0.3, -0.25) is 9.69 Å². The lowest BCUT2D eigenvalue weighted by Gasteiger charge is -2.21. The zero-order valence-electron chi connectivity index (χ0n) is 10.1. The van der Waals surface area contributed by atoms with E-state index in [1.165, 1.54) is 4.90 Å². The van der Waals surface area contributed by atoms with E-state index in [9.17, 15) is 9.59 Å². The summed E-state index contributed by atoms with van der Waals surface area (Å²) in [7, 11) is 0. The summed E-state index contributed by atoms with van der Waals surface area (Å²) in [6.45, 7) is 0.436. The summed E-state index contributed by atoms with van der Waals surface area (Å²) < 4.78 is 0. The quantitative estimate of drug-likeness (QED) is 0.790. The molecule has 3 N–H and O–H groups in total. The van der Waals surface area contributed by atoms with Crippen molar-refractivity contribution in [2.24, 2.45) is 5.73 Å². The maximum absolute atomic E-state index is 12.0. The maximum Gasteiger partial charge on any atom is 0.328 e. The minimum atomic E-state index is -0.561. The fourth-order valence-corrected chi connectivity index (χ4v) is 1.98. The monoisotopic (exact) mass is 247 g/mol. The van der Waals surface area contributed by atoms with Gasteiger partial charge in [0.2, 0.25) is 5.91 Å². The molecule has 18 heavy (non-hydrogen) atoms. The summed E-state index contributed by atoms with van der Waals surface area (Å²) in [6, 6.07) is 8.11. The molecule has 1 aromatic rings. The van der Waals surface area contributed by atoms with Crippen molar-refractivity contribution in [2.75, 3.05) is 11.9 Å². The van der Waals surface area contributed by atoms with Crippen molar-refractivity contribution in [2.45, 2.75) is 25.3 Å². The van der Waals surface area contributed by atoms with E-state index in [2.05, 4.69) is 5.32 Å². The van der Waals surface area contributed by atoms with Crippen LogP contribution in [0, 0.1) is 0 Å². The van der Waals surface area contributed by atoms with Gasteiger partial charge in [0.1, 0.15) is 0 Å². The third-order valence-corrected chi connectivity index (χ3v) is 3.00. The Labute approximate surface area is 106 Å². The van der Waals surface area contributed by atoms with Crippen LogP contribution in [-0.2, 0) is 4.79 Å². The molecule has 0 spiro atoms. The molecule has 2 rings (SSSR count). The molecular formula is C13H17N3O2. The zero-order valence-corrected chi connectivity index (χ0v) is 10.1. The molecule has 0 bridgehead atoms. The fourth-order valence-electron chi connectivity index (χ4n) is 1.98. The van der Waals surface area contributed by atoms with Crippen molar-refractivity contribution < 1.29 is 9.59 Å². The van der Waals surface area contributed by atoms with Gasteiger partial charge in [0.25, 0.3) is 0 Å². The number of likely N-dealkylation sites (tertiary alicyclic amines) is 1. The standard InChI is InChI=1S/C13H17N3O2/c14-11-8-4-5-9-16(12(11)17)13(18)15-10-6-2-1-3-7-10/h1-3,6-7,11H,4-5,8-9,14H2,(H,15,18)/t11-/m1/s1. The molecule has 0 radical (unpaired) electrons. The highest BCUT2D eigenvalue weighted by Gasteiger charge is 2.28. The first-order valence-corrected chi connectivity index (χ1v) is 6.11. The molecule has 1 saturated heterocycles. The topological polar surface area (TPSA) is 75.4 Å². The molecule has 1 aliphatic heterocycles. The van der Waals surface area contributed by atoms with Crippen LogP contribution in [-0.4, -0.2) is 29.4 Å². The van der Waals surface area contributed by atoms with Crippen LogP contribution in [0.3, 0.4) is 0 Å². The first-order chi connectivity index (χ1) is 8.68. The van der Waals surface area contributed by atoms with Crippen LogP contribution in [0.4, 0.5) is 10.5 Å². The Kier molecular flexibility index (Phi) is 3.94. The number of benzene rings is 1. The number of rotatable bonds is 1. The SMILES string of the molecule is N[C@@H]1CCCCN(C(=O)Nc2ccccc2)C1=O. The summed E-state index contributed by atoms with van der Waals surface area (Å²) in [5.74, 6) is -0.291. The van der Waals surface area contributed by atoms with Crippen molar-refractivity contribution >= 4 is 17.6 Å². The third kappa shape index (κ3) is 2.87. The highest BCUT2D eigenvalue weighted by molar-refractivity contribution is 6.02. The molecule has 1 aromatic carbocycles. The van der Waals surface area contributed by atoms with Gasteiger partial charge in [-0.25, -0.2) is 4.79 Å². The van der Waals surface area contributed by atoms with Gasteiger partial charge >= 0.3 is 6.03 Å². The van der Waals surface area contributed by atoms with Gasteiger partial charge < -0.3 is 11.1 Å². The van der Waals surface area contributed by atoms with Gasteiger partial charge in [0, 0.05) is 12.2 Å². The van der Waals surface area contributed by atoms with E-state index < -0.39 is 12.1 Å². The van der Waals surface area contributed by atoms with Crippen LogP contribution < -0.4 is 11.1 Å². The lowest BCUT2D eigenvalue weighted by molar-refractivity contribution is -0.128. The van der Waals surface area contributed by atoms with E-state index in [0.717, 1.165) is 12.8 Å². The smallest absolute Gasteiger partial charge is 0.320 e. The van der Waals surface area contributed by atoms with Crippen LogP contribution in [0.1, 0.15) is 19.3 Å². The van der Waals surface area contributed by atoms with Crippen LogP contribution in [0.25, 0.3) is 0 Å². The largest absolute Gasteiger partial charge is 0.328 e. The number of amides is 3. The molecule has 3 amide bonds.